The third kappa shape index (κ3) is 7.04. The van der Waals surface area contributed by atoms with E-state index < -0.39 is 17.5 Å². The molecule has 1 heterocycles. The lowest BCUT2D eigenvalue weighted by Crippen LogP contribution is -2.22. The Kier molecular flexibility index (Phi) is 9.42. The standard InChI is InChI=1S/C23H22BrF2N5O4S/c1-31-19(11-27-20(32)7-5-13-4-6-17(34-2)18(8-13)35-3)29-30-23(31)36-12-21(33)28-22-15(24)9-14(25)10-16(22)26/h4-10H,11-12H2,1-3H3,(H,27,32)(H,28,33). The van der Waals surface area contributed by atoms with Crippen LogP contribution in [0.25, 0.3) is 6.08 Å². The van der Waals surface area contributed by atoms with Crippen LogP contribution in [0.4, 0.5) is 14.5 Å². The van der Waals surface area contributed by atoms with Gasteiger partial charge in [0.25, 0.3) is 0 Å². The second-order valence-electron chi connectivity index (χ2n) is 7.20. The number of aromatic nitrogens is 3. The first-order chi connectivity index (χ1) is 17.2. The van der Waals surface area contributed by atoms with Crippen LogP contribution >= 0.6 is 27.7 Å². The van der Waals surface area contributed by atoms with Gasteiger partial charge < -0.3 is 24.7 Å². The van der Waals surface area contributed by atoms with Gasteiger partial charge in [-0.15, -0.1) is 10.2 Å². The molecule has 1 aromatic heterocycles. The number of carbonyl (C=O) groups is 2. The Bertz CT molecular complexity index is 1280. The molecule has 0 saturated carbocycles. The summed E-state index contributed by atoms with van der Waals surface area (Å²) >= 11 is 4.10. The zero-order chi connectivity index (χ0) is 26.2. The molecule has 3 aromatic rings. The van der Waals surface area contributed by atoms with Gasteiger partial charge in [-0.2, -0.15) is 0 Å². The van der Waals surface area contributed by atoms with E-state index in [2.05, 4.69) is 36.8 Å². The molecule has 9 nitrogen and oxygen atoms in total. The maximum absolute atomic E-state index is 13.9. The second-order valence-corrected chi connectivity index (χ2v) is 9.00. The number of hydrogen-bond acceptors (Lipinski definition) is 7. The number of anilines is 1. The van der Waals surface area contributed by atoms with Gasteiger partial charge in [0.05, 0.1) is 32.2 Å². The van der Waals surface area contributed by atoms with Crippen LogP contribution in [0.2, 0.25) is 0 Å². The Balaban J connectivity index is 1.52. The molecule has 0 atom stereocenters. The molecule has 0 unspecified atom stereocenters. The zero-order valence-electron chi connectivity index (χ0n) is 19.5. The lowest BCUT2D eigenvalue weighted by atomic mass is 10.2. The van der Waals surface area contributed by atoms with Crippen molar-refractivity contribution in [2.45, 2.75) is 11.7 Å². The number of carbonyl (C=O) groups excluding carboxylic acids is 2. The number of nitrogens with one attached hydrogen (secondary N) is 2. The predicted molar refractivity (Wildman–Crippen MR) is 135 cm³/mol. The summed E-state index contributed by atoms with van der Waals surface area (Å²) in [5.41, 5.74) is 0.607. The van der Waals surface area contributed by atoms with Gasteiger partial charge in [0, 0.05) is 23.7 Å². The molecular formula is C23H22BrF2N5O4S. The van der Waals surface area contributed by atoms with Gasteiger partial charge >= 0.3 is 0 Å². The number of hydrogen-bond donors (Lipinski definition) is 2. The summed E-state index contributed by atoms with van der Waals surface area (Å²) < 4.78 is 39.3. The quantitative estimate of drug-likeness (QED) is 0.276. The van der Waals surface area contributed by atoms with Crippen molar-refractivity contribution in [2.75, 3.05) is 25.3 Å². The number of benzene rings is 2. The van der Waals surface area contributed by atoms with Gasteiger partial charge in [0.15, 0.2) is 28.3 Å². The van der Waals surface area contributed by atoms with E-state index in [9.17, 15) is 18.4 Å². The molecule has 0 aliphatic carbocycles. The molecule has 0 aliphatic rings. The van der Waals surface area contributed by atoms with Crippen LogP contribution in [0.1, 0.15) is 11.4 Å². The van der Waals surface area contributed by atoms with Gasteiger partial charge in [-0.1, -0.05) is 17.8 Å². The highest BCUT2D eigenvalue weighted by molar-refractivity contribution is 9.10. The Labute approximate surface area is 218 Å². The molecule has 0 spiro atoms. The van der Waals surface area contributed by atoms with Gasteiger partial charge in [-0.05, 0) is 45.8 Å². The number of ether oxygens (including phenoxy) is 2. The fourth-order valence-electron chi connectivity index (χ4n) is 2.95. The summed E-state index contributed by atoms with van der Waals surface area (Å²) in [4.78, 5) is 24.4. The molecule has 2 aromatic carbocycles. The van der Waals surface area contributed by atoms with Crippen LogP contribution in [-0.4, -0.2) is 46.6 Å². The van der Waals surface area contributed by atoms with E-state index in [1.807, 2.05) is 0 Å². The van der Waals surface area contributed by atoms with Crippen molar-refractivity contribution in [1.82, 2.24) is 20.1 Å². The third-order valence-corrected chi connectivity index (χ3v) is 6.43. The molecule has 0 saturated heterocycles. The van der Waals surface area contributed by atoms with Crippen molar-refractivity contribution in [1.29, 1.82) is 0 Å². The monoisotopic (exact) mass is 581 g/mol. The van der Waals surface area contributed by atoms with Crippen LogP contribution < -0.4 is 20.1 Å². The lowest BCUT2D eigenvalue weighted by Gasteiger charge is -2.09. The average Bonchev–Trinajstić information content (AvgIpc) is 3.21. The number of thioether (sulfide) groups is 1. The van der Waals surface area contributed by atoms with E-state index >= 15 is 0 Å². The Morgan fingerprint density at radius 3 is 2.58 bits per heavy atom. The SMILES string of the molecule is COc1ccc(C=CC(=O)NCc2nnc(SCC(=O)Nc3c(F)cc(F)cc3Br)n2C)cc1OC. The predicted octanol–water partition coefficient (Wildman–Crippen LogP) is 3.93. The molecule has 190 valence electrons. The van der Waals surface area contributed by atoms with E-state index in [1.165, 1.54) is 13.2 Å². The lowest BCUT2D eigenvalue weighted by molar-refractivity contribution is -0.116. The number of amides is 2. The van der Waals surface area contributed by atoms with E-state index in [1.54, 1.807) is 43.0 Å². The van der Waals surface area contributed by atoms with Crippen LogP contribution in [0, 0.1) is 11.6 Å². The smallest absolute Gasteiger partial charge is 0.244 e. The topological polar surface area (TPSA) is 107 Å². The highest BCUT2D eigenvalue weighted by atomic mass is 79.9. The van der Waals surface area contributed by atoms with Crippen molar-refractivity contribution >= 4 is 51.3 Å². The van der Waals surface area contributed by atoms with E-state index in [0.29, 0.717) is 28.5 Å². The van der Waals surface area contributed by atoms with Gasteiger partial charge in [-0.3, -0.25) is 9.59 Å². The first kappa shape index (κ1) is 27.1. The first-order valence-corrected chi connectivity index (χ1v) is 12.1. The molecule has 0 bridgehead atoms. The molecule has 3 rings (SSSR count). The van der Waals surface area contributed by atoms with Crippen LogP contribution in [0.3, 0.4) is 0 Å². The minimum absolute atomic E-state index is 0.0876. The minimum Gasteiger partial charge on any atom is -0.493 e. The van der Waals surface area contributed by atoms with E-state index in [-0.39, 0.29) is 28.4 Å². The maximum Gasteiger partial charge on any atom is 0.244 e. The molecule has 0 fully saturated rings. The van der Waals surface area contributed by atoms with Crippen molar-refractivity contribution < 1.29 is 27.8 Å². The van der Waals surface area contributed by atoms with Gasteiger partial charge in [0.2, 0.25) is 11.8 Å². The highest BCUT2D eigenvalue weighted by Crippen LogP contribution is 2.28. The van der Waals surface area contributed by atoms with Crippen LogP contribution in [-0.2, 0) is 23.2 Å². The second kappa shape index (κ2) is 12.5. The Hall–Kier alpha value is -3.45. The number of nitrogens with zero attached hydrogens (tertiary/aromatic N) is 3. The molecule has 2 amide bonds. The number of methoxy groups -OCH3 is 2. The van der Waals surface area contributed by atoms with Gasteiger partial charge in [-0.25, -0.2) is 8.78 Å². The van der Waals surface area contributed by atoms with E-state index in [0.717, 1.165) is 23.4 Å². The Morgan fingerprint density at radius 1 is 1.14 bits per heavy atom. The van der Waals surface area contributed by atoms with Crippen molar-refractivity contribution in [3.05, 3.63) is 63.9 Å². The summed E-state index contributed by atoms with van der Waals surface area (Å²) in [5, 5.41) is 13.6. The number of halogens is 3. The molecule has 13 heteroatoms. The minimum atomic E-state index is -0.892. The van der Waals surface area contributed by atoms with E-state index in [4.69, 9.17) is 9.47 Å². The summed E-state index contributed by atoms with van der Waals surface area (Å²) in [6.45, 7) is 0.110. The molecule has 2 N–H and O–H groups in total. The fraction of sp³-hybridized carbons (Fsp3) is 0.217. The first-order valence-electron chi connectivity index (χ1n) is 10.3. The Morgan fingerprint density at radius 2 is 1.89 bits per heavy atom. The average molecular weight is 582 g/mol. The van der Waals surface area contributed by atoms with Crippen molar-refractivity contribution in [3.63, 3.8) is 0 Å². The highest BCUT2D eigenvalue weighted by Gasteiger charge is 2.15. The van der Waals surface area contributed by atoms with Crippen LogP contribution in [0.15, 0.2) is 46.0 Å². The summed E-state index contributed by atoms with van der Waals surface area (Å²) in [6.07, 6.45) is 3.01. The summed E-state index contributed by atoms with van der Waals surface area (Å²) in [5.74, 6) is -0.985. The molecule has 0 radical (unpaired) electrons. The van der Waals surface area contributed by atoms with Crippen molar-refractivity contribution in [3.8, 4) is 11.5 Å². The van der Waals surface area contributed by atoms with Crippen LogP contribution in [0.5, 0.6) is 11.5 Å². The normalized spacial score (nSPS) is 10.9. The summed E-state index contributed by atoms with van der Waals surface area (Å²) in [6, 6.07) is 7.01. The zero-order valence-corrected chi connectivity index (χ0v) is 21.9. The third-order valence-electron chi connectivity index (χ3n) is 4.78. The van der Waals surface area contributed by atoms with Gasteiger partial charge in [0.1, 0.15) is 5.82 Å². The summed E-state index contributed by atoms with van der Waals surface area (Å²) in [7, 11) is 4.76. The molecule has 0 aliphatic heterocycles. The maximum atomic E-state index is 13.9. The fourth-order valence-corrected chi connectivity index (χ4v) is 4.18. The van der Waals surface area contributed by atoms with Crippen molar-refractivity contribution in [2.24, 2.45) is 7.05 Å². The molecule has 36 heavy (non-hydrogen) atoms. The molecular weight excluding hydrogens is 560 g/mol. The number of rotatable bonds is 10. The largest absolute Gasteiger partial charge is 0.493 e.